The molecule has 0 radical (unpaired) electrons. The smallest absolute Gasteiger partial charge is 0.310 e. The summed E-state index contributed by atoms with van der Waals surface area (Å²) in [7, 11) is 0. The van der Waals surface area contributed by atoms with Crippen molar-refractivity contribution in [2.45, 2.75) is 32.8 Å². The monoisotopic (exact) mass is 327 g/mol. The van der Waals surface area contributed by atoms with Gasteiger partial charge in [-0.25, -0.2) is 4.90 Å². The van der Waals surface area contributed by atoms with Gasteiger partial charge in [0.05, 0.1) is 0 Å². The topological polar surface area (TPSA) is 91.8 Å². The third-order valence-corrected chi connectivity index (χ3v) is 4.07. The summed E-state index contributed by atoms with van der Waals surface area (Å²) in [6, 6.07) is 7.48. The molecule has 3 amide bonds. The van der Waals surface area contributed by atoms with Crippen molar-refractivity contribution in [3.63, 3.8) is 0 Å². The van der Waals surface area contributed by atoms with Gasteiger partial charge in [0.15, 0.2) is 6.10 Å². The number of aromatic amines is 1. The van der Waals surface area contributed by atoms with Gasteiger partial charge in [-0.05, 0) is 11.6 Å². The molecule has 0 fully saturated rings. The highest BCUT2D eigenvalue weighted by atomic mass is 16.5. The average Bonchev–Trinajstić information content (AvgIpc) is 3.10. The molecule has 2 heterocycles. The first-order valence-electron chi connectivity index (χ1n) is 7.56. The number of amides is 3. The number of hydrogen-bond acceptors (Lipinski definition) is 4. The van der Waals surface area contributed by atoms with Crippen LogP contribution in [0.5, 0.6) is 0 Å². The van der Waals surface area contributed by atoms with Gasteiger partial charge >= 0.3 is 6.02 Å². The molecule has 3 rings (SSSR count). The van der Waals surface area contributed by atoms with E-state index in [0.29, 0.717) is 0 Å². The van der Waals surface area contributed by atoms with Crippen molar-refractivity contribution in [3.05, 3.63) is 36.0 Å². The number of H-pyrrole nitrogens is 1. The van der Waals surface area contributed by atoms with Gasteiger partial charge in [0.1, 0.15) is 0 Å². The number of benzene rings is 1. The van der Waals surface area contributed by atoms with Crippen molar-refractivity contribution in [1.29, 1.82) is 0 Å². The van der Waals surface area contributed by atoms with E-state index in [-0.39, 0.29) is 11.9 Å². The van der Waals surface area contributed by atoms with Crippen LogP contribution >= 0.6 is 0 Å². The normalized spacial score (nSPS) is 18.2. The zero-order valence-corrected chi connectivity index (χ0v) is 13.6. The number of nitrogens with one attached hydrogen (secondary N) is 1. The number of nitrogens with zero attached hydrogens (tertiary/aromatic N) is 2. The van der Waals surface area contributed by atoms with Crippen LogP contribution in [0.4, 0.5) is 0 Å². The molecular weight excluding hydrogens is 310 g/mol. The Morgan fingerprint density at radius 2 is 1.92 bits per heavy atom. The molecule has 24 heavy (non-hydrogen) atoms. The maximum atomic E-state index is 12.2. The summed E-state index contributed by atoms with van der Waals surface area (Å²) in [4.78, 5) is 43.1. The van der Waals surface area contributed by atoms with Crippen molar-refractivity contribution in [1.82, 2.24) is 9.88 Å². The number of aliphatic imine (C=N–C) groups is 1. The maximum absolute atomic E-state index is 12.2. The number of imide groups is 1. The van der Waals surface area contributed by atoms with E-state index in [4.69, 9.17) is 4.74 Å². The largest absolute Gasteiger partial charge is 0.450 e. The first-order chi connectivity index (χ1) is 11.4. The lowest BCUT2D eigenvalue weighted by molar-refractivity contribution is -0.138. The van der Waals surface area contributed by atoms with Crippen LogP contribution in [0.2, 0.25) is 0 Å². The Morgan fingerprint density at radius 1 is 1.25 bits per heavy atom. The Kier molecular flexibility index (Phi) is 3.92. The summed E-state index contributed by atoms with van der Waals surface area (Å²) in [5, 5.41) is 0.991. The molecular formula is C17H17N3O4. The molecule has 1 N–H and O–H groups in total. The molecule has 1 aromatic carbocycles. The Bertz CT molecular complexity index is 854. The number of fused-ring (bicyclic) bond motifs is 1. The second-order valence-electron chi connectivity index (χ2n) is 5.72. The Hall–Kier alpha value is -2.96. The first-order valence-corrected chi connectivity index (χ1v) is 7.56. The highest BCUT2D eigenvalue weighted by Gasteiger charge is 2.39. The van der Waals surface area contributed by atoms with Crippen LogP contribution in [0.3, 0.4) is 0 Å². The van der Waals surface area contributed by atoms with Gasteiger partial charge < -0.3 is 9.72 Å². The van der Waals surface area contributed by atoms with Gasteiger partial charge in [0, 0.05) is 36.9 Å². The molecule has 1 aromatic heterocycles. The minimum Gasteiger partial charge on any atom is -0.450 e. The molecule has 1 aliphatic rings. The Balaban J connectivity index is 1.88. The lowest BCUT2D eigenvalue weighted by Gasteiger charge is -2.20. The van der Waals surface area contributed by atoms with Crippen LogP contribution in [0.1, 0.15) is 32.3 Å². The van der Waals surface area contributed by atoms with Gasteiger partial charge in [-0.15, -0.1) is 0 Å². The van der Waals surface area contributed by atoms with E-state index in [9.17, 15) is 14.4 Å². The Labute approximate surface area is 138 Å². The molecule has 124 valence electrons. The van der Waals surface area contributed by atoms with Gasteiger partial charge in [-0.1, -0.05) is 25.1 Å². The highest BCUT2D eigenvalue weighted by Crippen LogP contribution is 2.31. The number of carbonyl (C=O) groups is 3. The minimum absolute atomic E-state index is 0.253. The predicted molar refractivity (Wildman–Crippen MR) is 87.2 cm³/mol. The number of amidine groups is 1. The summed E-state index contributed by atoms with van der Waals surface area (Å²) < 4.78 is 5.56. The Morgan fingerprint density at radius 3 is 2.58 bits per heavy atom. The average molecular weight is 327 g/mol. The number of aromatic nitrogens is 1. The lowest BCUT2D eigenvalue weighted by atomic mass is 9.94. The summed E-state index contributed by atoms with van der Waals surface area (Å²) in [6.45, 7) is 4.28. The van der Waals surface area contributed by atoms with E-state index in [1.54, 1.807) is 0 Å². The SMILES string of the molecule is CC(=O)N(C(C)=O)C1=NC(=O)C(C(C)c2c[nH]c3ccccc23)O1. The van der Waals surface area contributed by atoms with Crippen molar-refractivity contribution >= 4 is 34.6 Å². The second kappa shape index (κ2) is 5.92. The maximum Gasteiger partial charge on any atom is 0.310 e. The quantitative estimate of drug-likeness (QED) is 0.912. The van der Waals surface area contributed by atoms with Crippen molar-refractivity contribution < 1.29 is 19.1 Å². The van der Waals surface area contributed by atoms with Gasteiger partial charge in [-0.3, -0.25) is 14.4 Å². The number of carbonyl (C=O) groups excluding carboxylic acids is 3. The van der Waals surface area contributed by atoms with Gasteiger partial charge in [0.2, 0.25) is 11.8 Å². The van der Waals surface area contributed by atoms with Crippen LogP contribution in [0.15, 0.2) is 35.5 Å². The zero-order chi connectivity index (χ0) is 17.4. The minimum atomic E-state index is -0.875. The third kappa shape index (κ3) is 2.58. The summed E-state index contributed by atoms with van der Waals surface area (Å²) in [6.07, 6.45) is 0.956. The van der Waals surface area contributed by atoms with Crippen LogP contribution in [-0.2, 0) is 19.1 Å². The van der Waals surface area contributed by atoms with Crippen molar-refractivity contribution in [3.8, 4) is 0 Å². The van der Waals surface area contributed by atoms with Crippen LogP contribution in [0, 0.1) is 0 Å². The van der Waals surface area contributed by atoms with Gasteiger partial charge in [0.25, 0.3) is 5.91 Å². The molecule has 0 spiro atoms. The summed E-state index contributed by atoms with van der Waals surface area (Å²) in [5.41, 5.74) is 1.87. The molecule has 0 saturated carbocycles. The van der Waals surface area contributed by atoms with E-state index in [1.807, 2.05) is 37.4 Å². The highest BCUT2D eigenvalue weighted by molar-refractivity contribution is 6.13. The number of ether oxygens (including phenoxy) is 1. The number of hydrogen-bond donors (Lipinski definition) is 1. The van der Waals surface area contributed by atoms with Crippen LogP contribution < -0.4 is 0 Å². The standard InChI is InChI=1S/C17H17N3O4/c1-9(13-8-18-14-7-5-4-6-12(13)14)15-16(23)19-17(24-15)20(10(2)21)11(3)22/h4-9,15,18H,1-3H3. The number of para-hydroxylation sites is 1. The molecule has 0 saturated heterocycles. The van der Waals surface area contributed by atoms with Crippen molar-refractivity contribution in [2.75, 3.05) is 0 Å². The number of rotatable bonds is 2. The van der Waals surface area contributed by atoms with Gasteiger partial charge in [-0.2, -0.15) is 4.99 Å². The second-order valence-corrected chi connectivity index (χ2v) is 5.72. The third-order valence-electron chi connectivity index (χ3n) is 4.07. The lowest BCUT2D eigenvalue weighted by Crippen LogP contribution is -2.40. The molecule has 2 aromatic rings. The molecule has 7 heteroatoms. The molecule has 0 bridgehead atoms. The molecule has 2 atom stereocenters. The molecule has 7 nitrogen and oxygen atoms in total. The predicted octanol–water partition coefficient (Wildman–Crippen LogP) is 1.95. The summed E-state index contributed by atoms with van der Waals surface area (Å²) in [5.74, 6) is -1.89. The summed E-state index contributed by atoms with van der Waals surface area (Å²) >= 11 is 0. The fourth-order valence-electron chi connectivity index (χ4n) is 2.89. The van der Waals surface area contributed by atoms with E-state index >= 15 is 0 Å². The zero-order valence-electron chi connectivity index (χ0n) is 13.6. The van der Waals surface area contributed by atoms with E-state index in [1.165, 1.54) is 13.8 Å². The van der Waals surface area contributed by atoms with Crippen LogP contribution in [0.25, 0.3) is 10.9 Å². The van der Waals surface area contributed by atoms with E-state index in [0.717, 1.165) is 21.4 Å². The van der Waals surface area contributed by atoms with Crippen molar-refractivity contribution in [2.24, 2.45) is 4.99 Å². The molecule has 2 unspecified atom stereocenters. The first kappa shape index (κ1) is 15.9. The molecule has 0 aliphatic carbocycles. The van der Waals surface area contributed by atoms with E-state index < -0.39 is 23.8 Å². The fraction of sp³-hybridized carbons (Fsp3) is 0.294. The molecule has 1 aliphatic heterocycles. The van der Waals surface area contributed by atoms with E-state index in [2.05, 4.69) is 9.98 Å². The fourth-order valence-corrected chi connectivity index (χ4v) is 2.89. The van der Waals surface area contributed by atoms with Crippen LogP contribution in [-0.4, -0.2) is 39.7 Å².